The molecule has 1 fully saturated rings. The lowest BCUT2D eigenvalue weighted by atomic mass is 9.92. The van der Waals surface area contributed by atoms with Crippen molar-refractivity contribution in [3.05, 3.63) is 35.3 Å². The predicted molar refractivity (Wildman–Crippen MR) is 80.0 cm³/mol. The zero-order valence-corrected chi connectivity index (χ0v) is 12.2. The molecule has 3 heterocycles. The molecule has 1 aromatic carbocycles. The normalized spacial score (nSPS) is 18.1. The van der Waals surface area contributed by atoms with E-state index in [-0.39, 0.29) is 0 Å². The van der Waals surface area contributed by atoms with Crippen LogP contribution in [-0.2, 0) is 10.3 Å². The summed E-state index contributed by atoms with van der Waals surface area (Å²) < 4.78 is 7.19. The molecule has 0 unspecified atom stereocenters. The van der Waals surface area contributed by atoms with Crippen LogP contribution in [0.3, 0.4) is 0 Å². The Hall–Kier alpha value is -1.83. The van der Waals surface area contributed by atoms with Gasteiger partial charge in [0.2, 0.25) is 4.96 Å². The molecule has 7 heteroatoms. The van der Waals surface area contributed by atoms with E-state index in [1.54, 1.807) is 4.52 Å². The molecular weight excluding hydrogens is 286 g/mol. The van der Waals surface area contributed by atoms with Gasteiger partial charge in [0.05, 0.1) is 5.54 Å². The summed E-state index contributed by atoms with van der Waals surface area (Å²) in [6.07, 6.45) is 1.58. The Morgan fingerprint density at radius 1 is 1.14 bits per heavy atom. The molecule has 0 atom stereocenters. The van der Waals surface area contributed by atoms with Crippen LogP contribution in [0.4, 0.5) is 0 Å². The van der Waals surface area contributed by atoms with Crippen molar-refractivity contribution in [2.24, 2.45) is 5.73 Å². The molecule has 1 aliphatic rings. The third-order valence-corrected chi connectivity index (χ3v) is 4.95. The molecule has 1 aliphatic heterocycles. The van der Waals surface area contributed by atoms with E-state index in [1.165, 1.54) is 11.3 Å². The van der Waals surface area contributed by atoms with E-state index in [4.69, 9.17) is 10.5 Å². The van der Waals surface area contributed by atoms with Gasteiger partial charge in [-0.25, -0.2) is 0 Å². The monoisotopic (exact) mass is 301 g/mol. The van der Waals surface area contributed by atoms with Gasteiger partial charge in [0, 0.05) is 18.8 Å². The second-order valence-electron chi connectivity index (χ2n) is 5.26. The molecule has 0 bridgehead atoms. The lowest BCUT2D eigenvalue weighted by Gasteiger charge is -2.30. The number of fused-ring (bicyclic) bond motifs is 1. The van der Waals surface area contributed by atoms with E-state index >= 15 is 0 Å². The SMILES string of the molecule is NC1(c2nn3c(-c4ccccc4)nnc3s2)CCOCC1. The second-order valence-corrected chi connectivity index (χ2v) is 6.22. The quantitative estimate of drug-likeness (QED) is 0.781. The Bertz CT molecular complexity index is 760. The number of ether oxygens (including phenoxy) is 1. The van der Waals surface area contributed by atoms with Crippen LogP contribution < -0.4 is 5.73 Å². The maximum absolute atomic E-state index is 6.50. The van der Waals surface area contributed by atoms with Crippen molar-refractivity contribution >= 4 is 16.3 Å². The van der Waals surface area contributed by atoms with Crippen molar-refractivity contribution in [1.29, 1.82) is 0 Å². The fraction of sp³-hybridized carbons (Fsp3) is 0.357. The van der Waals surface area contributed by atoms with Gasteiger partial charge in [0.15, 0.2) is 5.82 Å². The molecule has 0 aliphatic carbocycles. The molecule has 0 radical (unpaired) electrons. The highest BCUT2D eigenvalue weighted by Crippen LogP contribution is 2.33. The van der Waals surface area contributed by atoms with Crippen molar-refractivity contribution in [2.45, 2.75) is 18.4 Å². The van der Waals surface area contributed by atoms with Gasteiger partial charge in [0.1, 0.15) is 5.01 Å². The topological polar surface area (TPSA) is 78.3 Å². The largest absolute Gasteiger partial charge is 0.381 e. The molecular formula is C14H15N5OS. The standard InChI is InChI=1S/C14H15N5OS/c15-14(6-8-20-9-7-14)12-18-19-11(16-17-13(19)21-12)10-4-2-1-3-5-10/h1-5H,6-9,15H2. The number of nitrogens with zero attached hydrogens (tertiary/aromatic N) is 4. The summed E-state index contributed by atoms with van der Waals surface area (Å²) in [7, 11) is 0. The Labute approximate surface area is 125 Å². The summed E-state index contributed by atoms with van der Waals surface area (Å²) in [5.74, 6) is 0.753. The van der Waals surface area contributed by atoms with Gasteiger partial charge in [0.25, 0.3) is 0 Å². The third kappa shape index (κ3) is 2.14. The van der Waals surface area contributed by atoms with Crippen LogP contribution in [0.5, 0.6) is 0 Å². The lowest BCUT2D eigenvalue weighted by molar-refractivity contribution is 0.0519. The van der Waals surface area contributed by atoms with Crippen molar-refractivity contribution in [1.82, 2.24) is 19.8 Å². The Balaban J connectivity index is 1.79. The maximum Gasteiger partial charge on any atom is 0.235 e. The van der Waals surface area contributed by atoms with Crippen LogP contribution in [0.25, 0.3) is 16.3 Å². The first kappa shape index (κ1) is 12.9. The number of nitrogens with two attached hydrogens (primary N) is 1. The molecule has 6 nitrogen and oxygen atoms in total. The Morgan fingerprint density at radius 3 is 2.67 bits per heavy atom. The van der Waals surface area contributed by atoms with Crippen LogP contribution >= 0.6 is 11.3 Å². The minimum atomic E-state index is -0.405. The van der Waals surface area contributed by atoms with Gasteiger partial charge in [-0.2, -0.15) is 9.61 Å². The van der Waals surface area contributed by atoms with E-state index in [1.807, 2.05) is 30.3 Å². The summed E-state index contributed by atoms with van der Waals surface area (Å²) in [5.41, 5.74) is 7.09. The van der Waals surface area contributed by atoms with Crippen LogP contribution in [0, 0.1) is 0 Å². The second kappa shape index (κ2) is 4.87. The molecule has 108 valence electrons. The third-order valence-electron chi connectivity index (χ3n) is 3.83. The van der Waals surface area contributed by atoms with Crippen LogP contribution in [0.15, 0.2) is 30.3 Å². The van der Waals surface area contributed by atoms with Gasteiger partial charge in [-0.1, -0.05) is 41.7 Å². The molecule has 21 heavy (non-hydrogen) atoms. The zero-order chi connectivity index (χ0) is 14.3. The molecule has 0 spiro atoms. The fourth-order valence-corrected chi connectivity index (χ4v) is 3.53. The highest BCUT2D eigenvalue weighted by molar-refractivity contribution is 7.16. The van der Waals surface area contributed by atoms with E-state index in [0.29, 0.717) is 13.2 Å². The Kier molecular flexibility index (Phi) is 2.99. The molecule has 0 saturated carbocycles. The number of rotatable bonds is 2. The van der Waals surface area contributed by atoms with E-state index in [9.17, 15) is 0 Å². The van der Waals surface area contributed by atoms with Gasteiger partial charge in [-0.3, -0.25) is 0 Å². The average molecular weight is 301 g/mol. The summed E-state index contributed by atoms with van der Waals surface area (Å²) in [6.45, 7) is 1.37. The van der Waals surface area contributed by atoms with Crippen LogP contribution in [0.2, 0.25) is 0 Å². The molecule has 2 aromatic heterocycles. The van der Waals surface area contributed by atoms with Crippen molar-refractivity contribution < 1.29 is 4.74 Å². The number of hydrogen-bond acceptors (Lipinski definition) is 6. The number of aromatic nitrogens is 4. The van der Waals surface area contributed by atoms with E-state index < -0.39 is 5.54 Å². The molecule has 4 rings (SSSR count). The van der Waals surface area contributed by atoms with Gasteiger partial charge in [-0.05, 0) is 12.8 Å². The molecule has 2 N–H and O–H groups in total. The smallest absolute Gasteiger partial charge is 0.235 e. The summed E-state index contributed by atoms with van der Waals surface area (Å²) in [6, 6.07) is 9.94. The molecule has 3 aromatic rings. The van der Waals surface area contributed by atoms with Gasteiger partial charge >= 0.3 is 0 Å². The average Bonchev–Trinajstić information content (AvgIpc) is 3.09. The fourth-order valence-electron chi connectivity index (χ4n) is 2.53. The number of benzene rings is 1. The minimum Gasteiger partial charge on any atom is -0.381 e. The summed E-state index contributed by atoms with van der Waals surface area (Å²) >= 11 is 1.52. The van der Waals surface area contributed by atoms with Crippen LogP contribution in [-0.4, -0.2) is 33.0 Å². The molecule has 1 saturated heterocycles. The maximum atomic E-state index is 6.50. The van der Waals surface area contributed by atoms with E-state index in [2.05, 4.69) is 15.3 Å². The van der Waals surface area contributed by atoms with E-state index in [0.717, 1.165) is 34.2 Å². The molecule has 0 amide bonds. The summed E-state index contributed by atoms with van der Waals surface area (Å²) in [4.78, 5) is 0.778. The first-order valence-electron chi connectivity index (χ1n) is 6.91. The van der Waals surface area contributed by atoms with Gasteiger partial charge in [-0.15, -0.1) is 10.2 Å². The van der Waals surface area contributed by atoms with Crippen molar-refractivity contribution in [2.75, 3.05) is 13.2 Å². The zero-order valence-electron chi connectivity index (χ0n) is 11.4. The Morgan fingerprint density at radius 2 is 1.90 bits per heavy atom. The van der Waals surface area contributed by atoms with Crippen molar-refractivity contribution in [3.63, 3.8) is 0 Å². The van der Waals surface area contributed by atoms with Crippen molar-refractivity contribution in [3.8, 4) is 11.4 Å². The van der Waals surface area contributed by atoms with Crippen LogP contribution in [0.1, 0.15) is 17.8 Å². The number of hydrogen-bond donors (Lipinski definition) is 1. The lowest BCUT2D eigenvalue weighted by Crippen LogP contribution is -2.42. The highest BCUT2D eigenvalue weighted by Gasteiger charge is 2.34. The minimum absolute atomic E-state index is 0.405. The summed E-state index contributed by atoms with van der Waals surface area (Å²) in [5, 5.41) is 14.0. The first-order chi connectivity index (χ1) is 10.3. The first-order valence-corrected chi connectivity index (χ1v) is 7.73. The highest BCUT2D eigenvalue weighted by atomic mass is 32.1. The predicted octanol–water partition coefficient (Wildman–Crippen LogP) is 1.82. The van der Waals surface area contributed by atoms with Gasteiger partial charge < -0.3 is 10.5 Å².